The molecule has 4 nitrogen and oxygen atoms in total. The van der Waals surface area contributed by atoms with E-state index in [4.69, 9.17) is 0 Å². The number of carboxylic acid groups (broad SMARTS) is 1. The number of allylic oxidation sites excluding steroid dienone is 2. The minimum Gasteiger partial charge on any atom is -0.550 e. The Kier molecular flexibility index (Phi) is 3.20. The van der Waals surface area contributed by atoms with Crippen molar-refractivity contribution in [2.24, 2.45) is 34.0 Å². The van der Waals surface area contributed by atoms with Crippen molar-refractivity contribution in [3.05, 3.63) is 11.8 Å². The first-order chi connectivity index (χ1) is 10.8. The second kappa shape index (κ2) is 4.75. The van der Waals surface area contributed by atoms with E-state index in [0.717, 1.165) is 57.1 Å². The van der Waals surface area contributed by atoms with Crippen LogP contribution in [0.3, 0.4) is 0 Å². The van der Waals surface area contributed by atoms with Gasteiger partial charge in [-0.1, -0.05) is 26.3 Å². The molecule has 23 heavy (non-hydrogen) atoms. The van der Waals surface area contributed by atoms with Crippen LogP contribution in [0.2, 0.25) is 0 Å². The summed E-state index contributed by atoms with van der Waals surface area (Å²) in [7, 11) is 0. The highest BCUT2D eigenvalue weighted by atomic mass is 16.5. The molecule has 6 atom stereocenters. The molecule has 0 aromatic carbocycles. The number of carbonyl (C=O) groups excluding carboxylic acids is 1. The van der Waals surface area contributed by atoms with Crippen LogP contribution in [0.25, 0.3) is 0 Å². The topological polar surface area (TPSA) is 72.4 Å². The van der Waals surface area contributed by atoms with Crippen LogP contribution in [0.1, 0.15) is 65.2 Å². The van der Waals surface area contributed by atoms with Crippen molar-refractivity contribution in [1.29, 1.82) is 0 Å². The van der Waals surface area contributed by atoms with E-state index in [1.807, 2.05) is 6.92 Å². The molecule has 3 saturated carbocycles. The molecular weight excluding hydrogens is 290 g/mol. The van der Waals surface area contributed by atoms with Crippen molar-refractivity contribution in [1.82, 2.24) is 5.48 Å². The number of hydrogen-bond donors (Lipinski definition) is 2. The maximum absolute atomic E-state index is 11.8. The summed E-state index contributed by atoms with van der Waals surface area (Å²) in [5, 5.41) is 21.4. The smallest absolute Gasteiger partial charge is 0.0476 e. The van der Waals surface area contributed by atoms with E-state index in [1.54, 1.807) is 0 Å². The van der Waals surface area contributed by atoms with Gasteiger partial charge in [0, 0.05) is 22.5 Å². The molecule has 4 heteroatoms. The molecule has 0 radical (unpaired) electrons. The van der Waals surface area contributed by atoms with Crippen molar-refractivity contribution < 1.29 is 15.1 Å². The summed E-state index contributed by atoms with van der Waals surface area (Å²) < 4.78 is 0. The van der Waals surface area contributed by atoms with Gasteiger partial charge in [0.2, 0.25) is 0 Å². The molecule has 3 fully saturated rings. The van der Waals surface area contributed by atoms with Crippen LogP contribution in [-0.4, -0.2) is 11.2 Å². The number of carboxylic acids is 1. The van der Waals surface area contributed by atoms with Gasteiger partial charge < -0.3 is 9.90 Å². The van der Waals surface area contributed by atoms with Crippen LogP contribution in [0.4, 0.5) is 0 Å². The summed E-state index contributed by atoms with van der Waals surface area (Å²) >= 11 is 0. The van der Waals surface area contributed by atoms with Gasteiger partial charge in [0.15, 0.2) is 0 Å². The summed E-state index contributed by atoms with van der Waals surface area (Å²) in [6, 6.07) is 0. The quantitative estimate of drug-likeness (QED) is 0.768. The number of aliphatic carboxylic acids is 1. The fourth-order valence-electron chi connectivity index (χ4n) is 6.97. The summed E-state index contributed by atoms with van der Waals surface area (Å²) in [4.78, 5) is 11.8. The van der Waals surface area contributed by atoms with Crippen LogP contribution in [-0.2, 0) is 4.79 Å². The number of nitrogens with one attached hydrogen (secondary N) is 1. The molecule has 0 aromatic rings. The third-order valence-corrected chi connectivity index (χ3v) is 8.14. The Morgan fingerprint density at radius 2 is 1.96 bits per heavy atom. The molecule has 2 N–H and O–H groups in total. The molecule has 4 rings (SSSR count). The van der Waals surface area contributed by atoms with Crippen molar-refractivity contribution in [2.45, 2.75) is 65.2 Å². The zero-order valence-electron chi connectivity index (χ0n) is 14.2. The molecule has 128 valence electrons. The molecule has 0 aliphatic heterocycles. The summed E-state index contributed by atoms with van der Waals surface area (Å²) in [5.74, 6) is 0.489. The third-order valence-electron chi connectivity index (χ3n) is 8.14. The zero-order chi connectivity index (χ0) is 16.5. The van der Waals surface area contributed by atoms with Gasteiger partial charge in [-0.15, -0.1) is 0 Å². The minimum absolute atomic E-state index is 0.0738. The molecule has 4 aliphatic carbocycles. The van der Waals surface area contributed by atoms with E-state index in [1.165, 1.54) is 0 Å². The molecule has 0 aromatic heterocycles. The lowest BCUT2D eigenvalue weighted by molar-refractivity contribution is -0.325. The van der Waals surface area contributed by atoms with Crippen LogP contribution < -0.4 is 10.6 Å². The molecule has 6 unspecified atom stereocenters. The Labute approximate surface area is 138 Å². The number of rotatable bonds is 2. The SMILES string of the molecule is CC12CCC3C4CCCC(C)(C(=O)[O-])C4CCC3(C=C1NO)C2. The molecule has 1 spiro atoms. The average molecular weight is 318 g/mol. The lowest BCUT2D eigenvalue weighted by Gasteiger charge is -2.59. The second-order valence-corrected chi connectivity index (χ2v) is 9.19. The molecule has 4 aliphatic rings. The third kappa shape index (κ3) is 1.90. The molecular formula is C19H28NO3-. The van der Waals surface area contributed by atoms with Gasteiger partial charge >= 0.3 is 0 Å². The Morgan fingerprint density at radius 1 is 1.22 bits per heavy atom. The summed E-state index contributed by atoms with van der Waals surface area (Å²) in [6.45, 7) is 4.18. The van der Waals surface area contributed by atoms with E-state index < -0.39 is 11.4 Å². The highest BCUT2D eigenvalue weighted by molar-refractivity contribution is 5.72. The highest BCUT2D eigenvalue weighted by Crippen LogP contribution is 2.68. The fraction of sp³-hybridized carbons (Fsp3) is 0.842. The van der Waals surface area contributed by atoms with E-state index in [9.17, 15) is 15.1 Å². The Morgan fingerprint density at radius 3 is 2.65 bits per heavy atom. The van der Waals surface area contributed by atoms with Crippen LogP contribution in [0.5, 0.6) is 0 Å². The lowest BCUT2D eigenvalue weighted by atomic mass is 9.46. The van der Waals surface area contributed by atoms with Gasteiger partial charge in [-0.2, -0.15) is 0 Å². The van der Waals surface area contributed by atoms with Crippen molar-refractivity contribution in [3.8, 4) is 0 Å². The first-order valence-electron chi connectivity index (χ1n) is 9.20. The molecule has 0 heterocycles. The first kappa shape index (κ1) is 15.5. The number of hydroxylamine groups is 1. The highest BCUT2D eigenvalue weighted by Gasteiger charge is 2.60. The van der Waals surface area contributed by atoms with Crippen LogP contribution >= 0.6 is 0 Å². The fourth-order valence-corrected chi connectivity index (χ4v) is 6.97. The van der Waals surface area contributed by atoms with Crippen LogP contribution in [0, 0.1) is 34.0 Å². The summed E-state index contributed by atoms with van der Waals surface area (Å²) in [6.07, 6.45) is 10.6. The van der Waals surface area contributed by atoms with Gasteiger partial charge in [-0.05, 0) is 68.1 Å². The largest absolute Gasteiger partial charge is 0.550 e. The number of hydrogen-bond acceptors (Lipinski definition) is 4. The number of fused-ring (bicyclic) bond motifs is 3. The molecule has 2 bridgehead atoms. The van der Waals surface area contributed by atoms with Gasteiger partial charge in [0.1, 0.15) is 0 Å². The maximum atomic E-state index is 11.8. The van der Waals surface area contributed by atoms with Gasteiger partial charge in [-0.3, -0.25) is 10.7 Å². The first-order valence-corrected chi connectivity index (χ1v) is 9.20. The van der Waals surface area contributed by atoms with E-state index >= 15 is 0 Å². The Balaban J connectivity index is 1.70. The van der Waals surface area contributed by atoms with E-state index in [-0.39, 0.29) is 16.7 Å². The van der Waals surface area contributed by atoms with E-state index in [2.05, 4.69) is 18.5 Å². The van der Waals surface area contributed by atoms with Crippen molar-refractivity contribution >= 4 is 5.97 Å². The Hall–Kier alpha value is -1.03. The number of carbonyl (C=O) groups is 1. The average Bonchev–Trinajstić information content (AvgIpc) is 2.73. The zero-order valence-corrected chi connectivity index (χ0v) is 14.2. The van der Waals surface area contributed by atoms with Gasteiger partial charge in [0.25, 0.3) is 0 Å². The van der Waals surface area contributed by atoms with E-state index in [0.29, 0.717) is 11.8 Å². The monoisotopic (exact) mass is 318 g/mol. The normalized spacial score (nSPS) is 51.4. The predicted octanol–water partition coefficient (Wildman–Crippen LogP) is 2.62. The molecule has 0 saturated heterocycles. The van der Waals surface area contributed by atoms with Gasteiger partial charge in [-0.25, -0.2) is 0 Å². The maximum Gasteiger partial charge on any atom is 0.0476 e. The van der Waals surface area contributed by atoms with Crippen molar-refractivity contribution in [3.63, 3.8) is 0 Å². The predicted molar refractivity (Wildman–Crippen MR) is 84.1 cm³/mol. The summed E-state index contributed by atoms with van der Waals surface area (Å²) in [5.41, 5.74) is 3.06. The lowest BCUT2D eigenvalue weighted by Crippen LogP contribution is -2.56. The standard InChI is InChI=1S/C19H29NO3/c1-17-8-5-14-12-4-3-7-18(2,16(21)22)13(12)6-9-19(14,11-17)10-15(17)20-23/h10,12-14,20,23H,3-9,11H2,1-2H3,(H,21,22)/p-1. The minimum atomic E-state index is -0.844. The van der Waals surface area contributed by atoms with Crippen LogP contribution in [0.15, 0.2) is 11.8 Å². The van der Waals surface area contributed by atoms with Crippen molar-refractivity contribution in [2.75, 3.05) is 0 Å². The second-order valence-electron chi connectivity index (χ2n) is 9.19. The Bertz CT molecular complexity index is 573. The molecule has 0 amide bonds. The van der Waals surface area contributed by atoms with Gasteiger partial charge in [0.05, 0.1) is 0 Å².